The van der Waals surface area contributed by atoms with Gasteiger partial charge in [-0.05, 0) is 18.6 Å². The number of aliphatic hydroxyl groups excluding tert-OH is 2. The molecule has 5 nitrogen and oxygen atoms in total. The zero-order valence-electron chi connectivity index (χ0n) is 9.24. The van der Waals surface area contributed by atoms with Gasteiger partial charge in [0.1, 0.15) is 5.82 Å². The highest BCUT2D eigenvalue weighted by molar-refractivity contribution is 5.41. The largest absolute Gasteiger partial charge is 0.389 e. The predicted octanol–water partition coefficient (Wildman–Crippen LogP) is -0.357. The van der Waals surface area contributed by atoms with E-state index in [2.05, 4.69) is 4.98 Å². The zero-order valence-corrected chi connectivity index (χ0v) is 9.24. The molecular weight excluding hydrogens is 206 g/mol. The van der Waals surface area contributed by atoms with Gasteiger partial charge in [-0.15, -0.1) is 0 Å². The average Bonchev–Trinajstić information content (AvgIpc) is 2.59. The Labute approximate surface area is 94.5 Å². The number of pyridine rings is 1. The van der Waals surface area contributed by atoms with Gasteiger partial charge in [0.25, 0.3) is 0 Å². The summed E-state index contributed by atoms with van der Waals surface area (Å²) >= 11 is 0. The van der Waals surface area contributed by atoms with E-state index in [0.717, 1.165) is 11.4 Å². The van der Waals surface area contributed by atoms with Crippen molar-refractivity contribution in [3.05, 3.63) is 23.9 Å². The molecule has 0 bridgehead atoms. The molecule has 0 aromatic carbocycles. The van der Waals surface area contributed by atoms with Crippen molar-refractivity contribution in [1.82, 2.24) is 4.98 Å². The molecule has 1 fully saturated rings. The Bertz CT molecular complexity index is 343. The molecule has 5 heteroatoms. The maximum absolute atomic E-state index is 9.43. The highest BCUT2D eigenvalue weighted by Crippen LogP contribution is 2.19. The molecule has 1 aliphatic heterocycles. The molecule has 1 aromatic rings. The summed E-state index contributed by atoms with van der Waals surface area (Å²) in [5.41, 5.74) is 6.70. The van der Waals surface area contributed by atoms with Gasteiger partial charge in [0.05, 0.1) is 12.2 Å². The molecular formula is C11H17N3O2. The normalized spacial score (nSPS) is 27.1. The highest BCUT2D eigenvalue weighted by atomic mass is 16.3. The van der Waals surface area contributed by atoms with E-state index < -0.39 is 12.2 Å². The maximum Gasteiger partial charge on any atom is 0.128 e. The lowest BCUT2D eigenvalue weighted by Gasteiger charge is -2.16. The second kappa shape index (κ2) is 4.37. The van der Waals surface area contributed by atoms with Crippen LogP contribution >= 0.6 is 0 Å². The SMILES string of the molecule is CC(N)c1ccc(N2CC(O)C(O)C2)nc1. The Morgan fingerprint density at radius 3 is 2.44 bits per heavy atom. The van der Waals surface area contributed by atoms with Gasteiger partial charge in [0.15, 0.2) is 0 Å². The highest BCUT2D eigenvalue weighted by Gasteiger charge is 2.30. The van der Waals surface area contributed by atoms with Crippen LogP contribution < -0.4 is 10.6 Å². The Hall–Kier alpha value is -1.17. The second-order valence-corrected chi connectivity index (χ2v) is 4.28. The van der Waals surface area contributed by atoms with E-state index in [4.69, 9.17) is 5.73 Å². The lowest BCUT2D eigenvalue weighted by atomic mass is 10.1. The first-order valence-electron chi connectivity index (χ1n) is 5.40. The third kappa shape index (κ3) is 2.16. The molecule has 0 saturated carbocycles. The molecule has 0 amide bonds. The molecule has 0 aliphatic carbocycles. The lowest BCUT2D eigenvalue weighted by molar-refractivity contribution is 0.0572. The van der Waals surface area contributed by atoms with Crippen molar-refractivity contribution in [2.75, 3.05) is 18.0 Å². The topological polar surface area (TPSA) is 82.6 Å². The van der Waals surface area contributed by atoms with Gasteiger partial charge in [-0.3, -0.25) is 0 Å². The third-order valence-electron chi connectivity index (χ3n) is 2.88. The summed E-state index contributed by atoms with van der Waals surface area (Å²) in [6.45, 7) is 2.75. The fourth-order valence-electron chi connectivity index (χ4n) is 1.81. The fourth-order valence-corrected chi connectivity index (χ4v) is 1.81. The number of rotatable bonds is 2. The number of anilines is 1. The van der Waals surface area contributed by atoms with Gasteiger partial charge in [-0.2, -0.15) is 0 Å². The lowest BCUT2D eigenvalue weighted by Crippen LogP contribution is -2.22. The quantitative estimate of drug-likeness (QED) is 0.638. The van der Waals surface area contributed by atoms with Crippen molar-refractivity contribution in [2.24, 2.45) is 5.73 Å². The Kier molecular flexibility index (Phi) is 3.09. The van der Waals surface area contributed by atoms with Crippen LogP contribution in [0.3, 0.4) is 0 Å². The Balaban J connectivity index is 2.11. The van der Waals surface area contributed by atoms with Crippen LogP contribution in [-0.4, -0.2) is 40.5 Å². The number of hydrogen-bond donors (Lipinski definition) is 3. The van der Waals surface area contributed by atoms with Crippen LogP contribution in [0, 0.1) is 0 Å². The molecule has 0 spiro atoms. The van der Waals surface area contributed by atoms with E-state index in [1.165, 1.54) is 0 Å². The number of β-amino-alcohol motifs (C(OH)–C–C–N with tert-alkyl or cyclic N) is 2. The number of hydrogen-bond acceptors (Lipinski definition) is 5. The van der Waals surface area contributed by atoms with Crippen LogP contribution in [0.1, 0.15) is 18.5 Å². The standard InChI is InChI=1S/C11H17N3O2/c1-7(12)8-2-3-11(13-4-8)14-5-9(15)10(16)6-14/h2-4,7,9-10,15-16H,5-6,12H2,1H3. The zero-order chi connectivity index (χ0) is 11.7. The van der Waals surface area contributed by atoms with E-state index in [0.29, 0.717) is 13.1 Å². The molecule has 16 heavy (non-hydrogen) atoms. The molecule has 0 radical (unpaired) electrons. The van der Waals surface area contributed by atoms with Gasteiger partial charge >= 0.3 is 0 Å². The summed E-state index contributed by atoms with van der Waals surface area (Å²) in [5, 5.41) is 18.9. The van der Waals surface area contributed by atoms with Gasteiger partial charge in [-0.1, -0.05) is 6.07 Å². The summed E-state index contributed by atoms with van der Waals surface area (Å²) in [6.07, 6.45) is 0.363. The van der Waals surface area contributed by atoms with Crippen molar-refractivity contribution in [2.45, 2.75) is 25.2 Å². The van der Waals surface area contributed by atoms with Gasteiger partial charge in [-0.25, -0.2) is 4.98 Å². The predicted molar refractivity (Wildman–Crippen MR) is 61.1 cm³/mol. The van der Waals surface area contributed by atoms with E-state index in [-0.39, 0.29) is 6.04 Å². The van der Waals surface area contributed by atoms with E-state index in [1.54, 1.807) is 6.20 Å². The molecule has 2 rings (SSSR count). The molecule has 2 heterocycles. The van der Waals surface area contributed by atoms with Crippen LogP contribution in [0.25, 0.3) is 0 Å². The first-order chi connectivity index (χ1) is 7.58. The van der Waals surface area contributed by atoms with Crippen molar-refractivity contribution in [1.29, 1.82) is 0 Å². The number of aromatic nitrogens is 1. The van der Waals surface area contributed by atoms with Crippen LogP contribution in [0.4, 0.5) is 5.82 Å². The van der Waals surface area contributed by atoms with Crippen LogP contribution in [0.5, 0.6) is 0 Å². The molecule has 1 aromatic heterocycles. The smallest absolute Gasteiger partial charge is 0.128 e. The molecule has 88 valence electrons. The monoisotopic (exact) mass is 223 g/mol. The van der Waals surface area contributed by atoms with E-state index in [9.17, 15) is 10.2 Å². The first-order valence-corrected chi connectivity index (χ1v) is 5.40. The minimum atomic E-state index is -0.685. The Morgan fingerprint density at radius 2 is 2.00 bits per heavy atom. The fraction of sp³-hybridized carbons (Fsp3) is 0.545. The van der Waals surface area contributed by atoms with Crippen LogP contribution in [0.2, 0.25) is 0 Å². The summed E-state index contributed by atoms with van der Waals surface area (Å²) in [7, 11) is 0. The van der Waals surface area contributed by atoms with Crippen LogP contribution in [0.15, 0.2) is 18.3 Å². The minimum absolute atomic E-state index is 0.0312. The second-order valence-electron chi connectivity index (χ2n) is 4.28. The maximum atomic E-state index is 9.43. The van der Waals surface area contributed by atoms with Crippen LogP contribution in [-0.2, 0) is 0 Å². The van der Waals surface area contributed by atoms with E-state index in [1.807, 2.05) is 24.0 Å². The van der Waals surface area contributed by atoms with Gasteiger partial charge < -0.3 is 20.8 Å². The van der Waals surface area contributed by atoms with Crippen molar-refractivity contribution >= 4 is 5.82 Å². The molecule has 1 aliphatic rings. The molecule has 4 N–H and O–H groups in total. The third-order valence-corrected chi connectivity index (χ3v) is 2.88. The van der Waals surface area contributed by atoms with E-state index >= 15 is 0 Å². The number of nitrogens with zero attached hydrogens (tertiary/aromatic N) is 2. The number of aliphatic hydroxyl groups is 2. The van der Waals surface area contributed by atoms with Gasteiger partial charge in [0.2, 0.25) is 0 Å². The average molecular weight is 223 g/mol. The molecule has 1 saturated heterocycles. The summed E-state index contributed by atoms with van der Waals surface area (Å²) in [6, 6.07) is 3.75. The van der Waals surface area contributed by atoms with Crippen molar-refractivity contribution in [3.8, 4) is 0 Å². The minimum Gasteiger partial charge on any atom is -0.389 e. The summed E-state index contributed by atoms with van der Waals surface area (Å²) in [4.78, 5) is 6.14. The Morgan fingerprint density at radius 1 is 1.38 bits per heavy atom. The number of nitrogens with two attached hydrogens (primary N) is 1. The molecule has 3 unspecified atom stereocenters. The summed E-state index contributed by atoms with van der Waals surface area (Å²) in [5.74, 6) is 0.764. The van der Waals surface area contributed by atoms with Crippen molar-refractivity contribution in [3.63, 3.8) is 0 Å². The summed E-state index contributed by atoms with van der Waals surface area (Å²) < 4.78 is 0. The van der Waals surface area contributed by atoms with Crippen molar-refractivity contribution < 1.29 is 10.2 Å². The van der Waals surface area contributed by atoms with Gasteiger partial charge in [0, 0.05) is 25.3 Å². The first kappa shape index (κ1) is 11.3. The molecule has 3 atom stereocenters.